The molecule has 2 aromatic carbocycles. The molecule has 4 rings (SSSR count). The van der Waals surface area contributed by atoms with E-state index in [9.17, 15) is 4.79 Å². The minimum atomic E-state index is -0.452. The van der Waals surface area contributed by atoms with Crippen LogP contribution >= 0.6 is 11.8 Å². The molecule has 1 saturated carbocycles. The number of aryl methyl sites for hydroxylation is 2. The predicted molar refractivity (Wildman–Crippen MR) is 117 cm³/mol. The summed E-state index contributed by atoms with van der Waals surface area (Å²) in [6.45, 7) is 4.24. The van der Waals surface area contributed by atoms with Gasteiger partial charge in [0.15, 0.2) is 5.82 Å². The van der Waals surface area contributed by atoms with Gasteiger partial charge in [-0.25, -0.2) is 4.68 Å². The minimum absolute atomic E-state index is 0.0373. The van der Waals surface area contributed by atoms with Gasteiger partial charge in [0.25, 0.3) is 0 Å². The predicted octanol–water partition coefficient (Wildman–Crippen LogP) is 3.30. The zero-order valence-corrected chi connectivity index (χ0v) is 17.9. The number of rotatable bonds is 8. The third-order valence-corrected chi connectivity index (χ3v) is 6.00. The van der Waals surface area contributed by atoms with Crippen LogP contribution in [0, 0.1) is 13.8 Å². The van der Waals surface area contributed by atoms with Crippen molar-refractivity contribution in [2.24, 2.45) is 0 Å². The normalized spacial score (nSPS) is 14.3. The van der Waals surface area contributed by atoms with E-state index in [1.165, 1.54) is 16.4 Å². The fourth-order valence-corrected chi connectivity index (χ4v) is 4.15. The number of nitrogens with zero attached hydrogens (tertiary/aromatic N) is 3. The highest BCUT2D eigenvalue weighted by Crippen LogP contribution is 2.35. The molecule has 156 valence electrons. The molecule has 1 aromatic heterocycles. The molecule has 0 unspecified atom stereocenters. The summed E-state index contributed by atoms with van der Waals surface area (Å²) in [5, 5.41) is 11.4. The summed E-state index contributed by atoms with van der Waals surface area (Å²) in [6.07, 6.45) is 2.07. The maximum absolute atomic E-state index is 12.8. The lowest BCUT2D eigenvalue weighted by atomic mass is 10.1. The van der Waals surface area contributed by atoms with Crippen LogP contribution < -0.4 is 15.9 Å². The molecule has 1 fully saturated rings. The monoisotopic (exact) mass is 423 g/mol. The van der Waals surface area contributed by atoms with Crippen LogP contribution in [0.5, 0.6) is 5.75 Å². The van der Waals surface area contributed by atoms with Crippen molar-refractivity contribution in [2.45, 2.75) is 49.7 Å². The van der Waals surface area contributed by atoms with Gasteiger partial charge in [-0.1, -0.05) is 48.2 Å². The van der Waals surface area contributed by atoms with Crippen LogP contribution in [0.3, 0.4) is 0 Å². The molecule has 30 heavy (non-hydrogen) atoms. The average molecular weight is 424 g/mol. The summed E-state index contributed by atoms with van der Waals surface area (Å²) in [5.74, 6) is 7.44. The van der Waals surface area contributed by atoms with Crippen LogP contribution in [0.4, 0.5) is 0 Å². The molecule has 1 heterocycles. The van der Waals surface area contributed by atoms with Gasteiger partial charge in [0.05, 0.1) is 0 Å². The van der Waals surface area contributed by atoms with Crippen molar-refractivity contribution in [3.8, 4) is 5.75 Å². The van der Waals surface area contributed by atoms with Gasteiger partial charge in [-0.3, -0.25) is 4.79 Å². The van der Waals surface area contributed by atoms with Gasteiger partial charge in [-0.05, 0) is 55.5 Å². The maximum atomic E-state index is 12.8. The van der Waals surface area contributed by atoms with Crippen molar-refractivity contribution >= 4 is 17.7 Å². The second-order valence-corrected chi connectivity index (χ2v) is 8.64. The van der Waals surface area contributed by atoms with Gasteiger partial charge in [0, 0.05) is 6.04 Å². The Hall–Kier alpha value is -3.00. The SMILES string of the molecule is Cc1cc(C)cc(OCc2nnc(S[C@H](C(=O)NC3CC3)c3ccccc3)n2N)c1. The molecule has 1 amide bonds. The minimum Gasteiger partial charge on any atom is -0.486 e. The van der Waals surface area contributed by atoms with E-state index in [0.29, 0.717) is 11.0 Å². The molecule has 0 bridgehead atoms. The van der Waals surface area contributed by atoms with E-state index in [4.69, 9.17) is 10.6 Å². The quantitative estimate of drug-likeness (QED) is 0.426. The highest BCUT2D eigenvalue weighted by molar-refractivity contribution is 8.00. The number of carbonyl (C=O) groups excluding carboxylic acids is 1. The summed E-state index contributed by atoms with van der Waals surface area (Å²) in [6, 6.07) is 15.9. The Kier molecular flexibility index (Phi) is 5.94. The van der Waals surface area contributed by atoms with E-state index < -0.39 is 5.25 Å². The van der Waals surface area contributed by atoms with Gasteiger partial charge in [0.2, 0.25) is 11.1 Å². The number of hydrogen-bond donors (Lipinski definition) is 2. The van der Waals surface area contributed by atoms with Crippen molar-refractivity contribution in [1.29, 1.82) is 0 Å². The molecule has 0 saturated heterocycles. The lowest BCUT2D eigenvalue weighted by molar-refractivity contribution is -0.120. The number of carbonyl (C=O) groups is 1. The van der Waals surface area contributed by atoms with Gasteiger partial charge >= 0.3 is 0 Å². The van der Waals surface area contributed by atoms with Crippen molar-refractivity contribution < 1.29 is 9.53 Å². The highest BCUT2D eigenvalue weighted by Gasteiger charge is 2.30. The van der Waals surface area contributed by atoms with Gasteiger partial charge in [-0.15, -0.1) is 10.2 Å². The third kappa shape index (κ3) is 4.94. The van der Waals surface area contributed by atoms with Gasteiger partial charge < -0.3 is 15.9 Å². The standard InChI is InChI=1S/C22H25N5O2S/c1-14-10-15(2)12-18(11-14)29-13-19-25-26-22(27(19)23)30-20(16-6-4-3-5-7-16)21(28)24-17-8-9-17/h3-7,10-12,17,20H,8-9,13,23H2,1-2H3,(H,24,28)/t20-/m0/s1. The van der Waals surface area contributed by atoms with Crippen LogP contribution in [0.2, 0.25) is 0 Å². The average Bonchev–Trinajstić information content (AvgIpc) is 3.46. The molecule has 1 atom stereocenters. The Labute approximate surface area is 180 Å². The summed E-state index contributed by atoms with van der Waals surface area (Å²) in [7, 11) is 0. The van der Waals surface area contributed by atoms with E-state index in [2.05, 4.69) is 21.6 Å². The van der Waals surface area contributed by atoms with E-state index >= 15 is 0 Å². The summed E-state index contributed by atoms with van der Waals surface area (Å²) < 4.78 is 7.25. The maximum Gasteiger partial charge on any atom is 0.238 e. The third-order valence-electron chi connectivity index (χ3n) is 4.79. The lowest BCUT2D eigenvalue weighted by Crippen LogP contribution is -2.30. The van der Waals surface area contributed by atoms with Crippen LogP contribution in [0.15, 0.2) is 53.7 Å². The molecule has 1 aliphatic rings. The number of amides is 1. The Bertz CT molecular complexity index is 1010. The first-order chi connectivity index (χ1) is 14.5. The highest BCUT2D eigenvalue weighted by atomic mass is 32.2. The molecule has 8 heteroatoms. The Morgan fingerprint density at radius 3 is 2.57 bits per heavy atom. The van der Waals surface area contributed by atoms with Crippen molar-refractivity contribution in [2.75, 3.05) is 5.84 Å². The zero-order valence-electron chi connectivity index (χ0n) is 17.0. The van der Waals surface area contributed by atoms with Crippen molar-refractivity contribution in [1.82, 2.24) is 20.2 Å². The van der Waals surface area contributed by atoms with Gasteiger partial charge in [-0.2, -0.15) is 0 Å². The smallest absolute Gasteiger partial charge is 0.238 e. The molecule has 0 radical (unpaired) electrons. The van der Waals surface area contributed by atoms with Crippen LogP contribution in [0.25, 0.3) is 0 Å². The van der Waals surface area contributed by atoms with Crippen molar-refractivity contribution in [3.63, 3.8) is 0 Å². The van der Waals surface area contributed by atoms with Crippen LogP contribution in [-0.4, -0.2) is 26.8 Å². The van der Waals surface area contributed by atoms with Crippen LogP contribution in [-0.2, 0) is 11.4 Å². The van der Waals surface area contributed by atoms with Crippen LogP contribution in [0.1, 0.15) is 40.6 Å². The van der Waals surface area contributed by atoms with Crippen molar-refractivity contribution in [3.05, 3.63) is 71.0 Å². The molecule has 0 aliphatic heterocycles. The van der Waals surface area contributed by atoms with E-state index in [1.807, 2.05) is 56.3 Å². The number of nitrogen functional groups attached to an aromatic ring is 1. The van der Waals surface area contributed by atoms with E-state index in [-0.39, 0.29) is 18.6 Å². The number of thioether (sulfide) groups is 1. The first-order valence-electron chi connectivity index (χ1n) is 9.92. The number of ether oxygens (including phenoxy) is 1. The Morgan fingerprint density at radius 2 is 1.90 bits per heavy atom. The zero-order chi connectivity index (χ0) is 21.1. The first kappa shape index (κ1) is 20.3. The lowest BCUT2D eigenvalue weighted by Gasteiger charge is -2.16. The Balaban J connectivity index is 1.48. The molecule has 7 nitrogen and oxygen atoms in total. The number of nitrogens with one attached hydrogen (secondary N) is 1. The Morgan fingerprint density at radius 1 is 1.20 bits per heavy atom. The molecule has 0 spiro atoms. The first-order valence-corrected chi connectivity index (χ1v) is 10.8. The molecule has 1 aliphatic carbocycles. The summed E-state index contributed by atoms with van der Waals surface area (Å²) in [4.78, 5) is 12.8. The van der Waals surface area contributed by atoms with E-state index in [0.717, 1.165) is 35.3 Å². The fourth-order valence-electron chi connectivity index (χ4n) is 3.16. The second-order valence-electron chi connectivity index (χ2n) is 7.57. The molecule has 3 N–H and O–H groups in total. The molecule has 3 aromatic rings. The van der Waals surface area contributed by atoms with E-state index in [1.54, 1.807) is 0 Å². The largest absolute Gasteiger partial charge is 0.486 e. The molecular formula is C22H25N5O2S. The fraction of sp³-hybridized carbons (Fsp3) is 0.318. The number of benzene rings is 2. The topological polar surface area (TPSA) is 95.1 Å². The van der Waals surface area contributed by atoms with Gasteiger partial charge in [0.1, 0.15) is 17.6 Å². The summed E-state index contributed by atoms with van der Waals surface area (Å²) in [5.41, 5.74) is 3.15. The number of nitrogens with two attached hydrogens (primary N) is 1. The number of aromatic nitrogens is 3. The number of hydrogen-bond acceptors (Lipinski definition) is 6. The molecular weight excluding hydrogens is 398 g/mol. The second kappa shape index (κ2) is 8.79. The summed E-state index contributed by atoms with van der Waals surface area (Å²) >= 11 is 1.29.